The summed E-state index contributed by atoms with van der Waals surface area (Å²) in [6.07, 6.45) is 14.2. The van der Waals surface area contributed by atoms with Gasteiger partial charge in [-0.05, 0) is 98.4 Å². The number of fused-ring (bicyclic) bond motifs is 7. The first-order valence-corrected chi connectivity index (χ1v) is 16.0. The van der Waals surface area contributed by atoms with Gasteiger partial charge in [0.05, 0.1) is 5.76 Å². The molecule has 0 bridgehead atoms. The molecular weight excluding hydrogens is 486 g/mol. The molecule has 0 radical (unpaired) electrons. The SMILES string of the molecule is CCC(=O)O[C@H]1CC[C@@]2(C)C(=CC[C@@H]3[C@H]4C[C@]5(CC)OC(CC[C@H](C)CNC(C)=O)=C(C)[C@H]5[C@@]4(C)CC[C@H]32)C1. The van der Waals surface area contributed by atoms with Gasteiger partial charge in [0.15, 0.2) is 0 Å². The van der Waals surface area contributed by atoms with Crippen molar-refractivity contribution in [3.8, 4) is 0 Å². The van der Waals surface area contributed by atoms with Crippen molar-refractivity contribution in [2.45, 2.75) is 131 Å². The van der Waals surface area contributed by atoms with Crippen LogP contribution in [0.5, 0.6) is 0 Å². The van der Waals surface area contributed by atoms with Crippen LogP contribution in [-0.4, -0.2) is 30.1 Å². The van der Waals surface area contributed by atoms with E-state index in [1.807, 2.05) is 6.92 Å². The second kappa shape index (κ2) is 10.6. The van der Waals surface area contributed by atoms with Crippen LogP contribution in [0.2, 0.25) is 0 Å². The highest BCUT2D eigenvalue weighted by atomic mass is 16.5. The van der Waals surface area contributed by atoms with Gasteiger partial charge in [-0.1, -0.05) is 46.3 Å². The maximum absolute atomic E-state index is 12.0. The molecule has 1 heterocycles. The minimum absolute atomic E-state index is 0.0501. The molecule has 5 aliphatic rings. The first-order valence-electron chi connectivity index (χ1n) is 16.0. The molecule has 0 spiro atoms. The molecule has 0 aromatic rings. The first kappa shape index (κ1) is 28.7. The lowest BCUT2D eigenvalue weighted by molar-refractivity contribution is -0.151. The summed E-state index contributed by atoms with van der Waals surface area (Å²) in [7, 11) is 0. The van der Waals surface area contributed by atoms with Crippen LogP contribution in [0.4, 0.5) is 0 Å². The summed E-state index contributed by atoms with van der Waals surface area (Å²) in [6, 6.07) is 0. The number of hydrogen-bond acceptors (Lipinski definition) is 4. The number of rotatable bonds is 8. The van der Waals surface area contributed by atoms with Gasteiger partial charge >= 0.3 is 5.97 Å². The van der Waals surface area contributed by atoms with Gasteiger partial charge in [0.25, 0.3) is 0 Å². The van der Waals surface area contributed by atoms with Crippen molar-refractivity contribution in [2.24, 2.45) is 40.4 Å². The van der Waals surface area contributed by atoms with Gasteiger partial charge in [-0.3, -0.25) is 9.59 Å². The van der Waals surface area contributed by atoms with E-state index < -0.39 is 0 Å². The number of carbonyl (C=O) groups is 2. The molecule has 3 saturated carbocycles. The van der Waals surface area contributed by atoms with Gasteiger partial charge in [-0.25, -0.2) is 0 Å². The van der Waals surface area contributed by atoms with E-state index >= 15 is 0 Å². The van der Waals surface area contributed by atoms with Gasteiger partial charge in [0, 0.05) is 38.6 Å². The summed E-state index contributed by atoms with van der Waals surface area (Å²) < 4.78 is 12.9. The molecule has 1 N–H and O–H groups in total. The number of carbonyl (C=O) groups excluding carboxylic acids is 2. The number of ether oxygens (including phenoxy) is 2. The fraction of sp³-hybridized carbons (Fsp3) is 0.824. The van der Waals surface area contributed by atoms with Crippen LogP contribution in [-0.2, 0) is 19.1 Å². The topological polar surface area (TPSA) is 64.6 Å². The normalized spacial score (nSPS) is 41.4. The maximum atomic E-state index is 12.0. The highest BCUT2D eigenvalue weighted by Gasteiger charge is 2.68. The zero-order chi connectivity index (χ0) is 28.2. The van der Waals surface area contributed by atoms with Crippen LogP contribution in [0, 0.1) is 40.4 Å². The molecule has 218 valence electrons. The maximum Gasteiger partial charge on any atom is 0.305 e. The standard InChI is InChI=1S/C34H53NO4/c1-8-30(37)38-25-14-16-32(6)24(18-25)11-12-26-27(32)15-17-33(7)28(26)19-34(9-2)31(33)22(4)29(39-34)13-10-21(3)20-35-23(5)36/h11,21,25-28,31H,8-10,12-20H2,1-7H3,(H,35,36)/t21-,25-,26-,27+,28+,31-,32-,33-,34-/m0/s1. The molecule has 1 aliphatic heterocycles. The molecule has 5 rings (SSSR count). The molecule has 3 fully saturated rings. The predicted octanol–water partition coefficient (Wildman–Crippen LogP) is 7.50. The van der Waals surface area contributed by atoms with Crippen molar-refractivity contribution >= 4 is 11.9 Å². The van der Waals surface area contributed by atoms with E-state index in [0.717, 1.165) is 56.9 Å². The molecule has 1 amide bonds. The molecule has 5 nitrogen and oxygen atoms in total. The molecule has 4 aliphatic carbocycles. The van der Waals surface area contributed by atoms with Gasteiger partial charge in [-0.15, -0.1) is 0 Å². The monoisotopic (exact) mass is 539 g/mol. The van der Waals surface area contributed by atoms with Crippen molar-refractivity contribution in [3.63, 3.8) is 0 Å². The smallest absolute Gasteiger partial charge is 0.305 e. The Morgan fingerprint density at radius 3 is 2.64 bits per heavy atom. The fourth-order valence-electron chi connectivity index (χ4n) is 10.1. The summed E-state index contributed by atoms with van der Waals surface area (Å²) >= 11 is 0. The number of allylic oxidation sites excluding steroid dienone is 2. The van der Waals surface area contributed by atoms with Crippen LogP contribution in [0.25, 0.3) is 0 Å². The quantitative estimate of drug-likeness (QED) is 0.256. The second-order valence-electron chi connectivity index (χ2n) is 14.4. The van der Waals surface area contributed by atoms with Gasteiger partial charge < -0.3 is 14.8 Å². The minimum Gasteiger partial charge on any atom is -0.491 e. The fourth-order valence-corrected chi connectivity index (χ4v) is 10.1. The second-order valence-corrected chi connectivity index (χ2v) is 14.4. The van der Waals surface area contributed by atoms with Crippen LogP contribution >= 0.6 is 0 Å². The highest BCUT2D eigenvalue weighted by Crippen LogP contribution is 2.72. The zero-order valence-electron chi connectivity index (χ0n) is 25.7. The van der Waals surface area contributed by atoms with E-state index in [1.165, 1.54) is 37.0 Å². The van der Waals surface area contributed by atoms with Crippen molar-refractivity contribution in [3.05, 3.63) is 23.0 Å². The Morgan fingerprint density at radius 1 is 1.18 bits per heavy atom. The van der Waals surface area contributed by atoms with Crippen molar-refractivity contribution in [2.75, 3.05) is 6.54 Å². The zero-order valence-corrected chi connectivity index (χ0v) is 25.7. The van der Waals surface area contributed by atoms with Crippen molar-refractivity contribution in [1.82, 2.24) is 5.32 Å². The lowest BCUT2D eigenvalue weighted by atomic mass is 9.47. The summed E-state index contributed by atoms with van der Waals surface area (Å²) in [5.74, 6) is 4.35. The molecule has 39 heavy (non-hydrogen) atoms. The molecule has 9 atom stereocenters. The van der Waals surface area contributed by atoms with Gasteiger partial charge in [-0.2, -0.15) is 0 Å². The third-order valence-electron chi connectivity index (χ3n) is 12.2. The molecule has 0 aromatic carbocycles. The van der Waals surface area contributed by atoms with E-state index in [2.05, 4.69) is 46.0 Å². The molecule has 0 unspecified atom stereocenters. The average Bonchev–Trinajstić information content (AvgIpc) is 3.34. The minimum atomic E-state index is -0.0568. The van der Waals surface area contributed by atoms with Crippen LogP contribution in [0.15, 0.2) is 23.0 Å². The van der Waals surface area contributed by atoms with Crippen LogP contribution in [0.1, 0.15) is 119 Å². The van der Waals surface area contributed by atoms with Gasteiger partial charge in [0.1, 0.15) is 11.7 Å². The Balaban J connectivity index is 1.34. The summed E-state index contributed by atoms with van der Waals surface area (Å²) in [6.45, 7) is 16.3. The Morgan fingerprint density at radius 2 is 1.95 bits per heavy atom. The third-order valence-corrected chi connectivity index (χ3v) is 12.2. The predicted molar refractivity (Wildman–Crippen MR) is 155 cm³/mol. The van der Waals surface area contributed by atoms with Crippen LogP contribution < -0.4 is 5.32 Å². The number of esters is 1. The van der Waals surface area contributed by atoms with E-state index in [9.17, 15) is 9.59 Å². The molecular formula is C34H53NO4. The lowest BCUT2D eigenvalue weighted by Gasteiger charge is -2.58. The Hall–Kier alpha value is -1.78. The summed E-state index contributed by atoms with van der Waals surface area (Å²) in [4.78, 5) is 23.3. The van der Waals surface area contributed by atoms with E-state index in [0.29, 0.717) is 29.6 Å². The number of nitrogens with one attached hydrogen (secondary N) is 1. The average molecular weight is 540 g/mol. The van der Waals surface area contributed by atoms with Crippen molar-refractivity contribution < 1.29 is 19.1 Å². The van der Waals surface area contributed by atoms with Gasteiger partial charge in [0.2, 0.25) is 5.91 Å². The lowest BCUT2D eigenvalue weighted by Crippen LogP contribution is -2.50. The van der Waals surface area contributed by atoms with E-state index in [-0.39, 0.29) is 29.0 Å². The number of hydrogen-bond donors (Lipinski definition) is 1. The molecule has 5 heteroatoms. The van der Waals surface area contributed by atoms with E-state index in [4.69, 9.17) is 9.47 Å². The third kappa shape index (κ3) is 4.78. The Bertz CT molecular complexity index is 1050. The number of amides is 1. The van der Waals surface area contributed by atoms with Crippen molar-refractivity contribution in [1.29, 1.82) is 0 Å². The summed E-state index contributed by atoms with van der Waals surface area (Å²) in [5, 5.41) is 2.97. The largest absolute Gasteiger partial charge is 0.491 e. The van der Waals surface area contributed by atoms with E-state index in [1.54, 1.807) is 12.5 Å². The molecule has 0 saturated heterocycles. The first-order chi connectivity index (χ1) is 18.5. The summed E-state index contributed by atoms with van der Waals surface area (Å²) in [5.41, 5.74) is 3.57. The molecule has 0 aromatic heterocycles. The highest BCUT2D eigenvalue weighted by molar-refractivity contribution is 5.72. The Kier molecular flexibility index (Phi) is 7.78. The Labute approximate surface area is 236 Å². The van der Waals surface area contributed by atoms with Crippen LogP contribution in [0.3, 0.4) is 0 Å².